The lowest BCUT2D eigenvalue weighted by Crippen LogP contribution is -2.13. The van der Waals surface area contributed by atoms with Gasteiger partial charge in [0.05, 0.1) is 5.69 Å². The molecule has 2 N–H and O–H groups in total. The van der Waals surface area contributed by atoms with E-state index in [0.717, 1.165) is 5.56 Å². The molecule has 2 rings (SSSR count). The minimum Gasteiger partial charge on any atom is -0.450 e. The first kappa shape index (κ1) is 15.1. The molecule has 0 saturated heterocycles. The van der Waals surface area contributed by atoms with Gasteiger partial charge in [0.15, 0.2) is 4.67 Å². The quantitative estimate of drug-likeness (QED) is 0.859. The molecule has 0 amide bonds. The fraction of sp³-hybridized carbons (Fsp3) is 0.231. The summed E-state index contributed by atoms with van der Waals surface area (Å²) in [7, 11) is -3.77. The fourth-order valence-corrected chi connectivity index (χ4v) is 3.89. The van der Waals surface area contributed by atoms with Gasteiger partial charge >= 0.3 is 0 Å². The number of sulfonamides is 1. The number of rotatable bonds is 5. The smallest absolute Gasteiger partial charge is 0.266 e. The number of hydrogen-bond acceptors (Lipinski definition) is 4. The van der Waals surface area contributed by atoms with E-state index in [1.807, 2.05) is 19.1 Å². The normalized spacial score (nSPS) is 11.6. The molecule has 0 atom stereocenters. The van der Waals surface area contributed by atoms with Crippen molar-refractivity contribution >= 4 is 31.6 Å². The number of anilines is 1. The van der Waals surface area contributed by atoms with Crippen molar-refractivity contribution in [3.8, 4) is 0 Å². The van der Waals surface area contributed by atoms with Crippen LogP contribution in [0.15, 0.2) is 44.3 Å². The van der Waals surface area contributed by atoms with E-state index >= 15 is 0 Å². The van der Waals surface area contributed by atoms with Gasteiger partial charge in [-0.2, -0.15) is 0 Å². The van der Waals surface area contributed by atoms with Crippen LogP contribution in [0.4, 0.5) is 5.69 Å². The molecule has 0 saturated carbocycles. The van der Waals surface area contributed by atoms with E-state index in [1.165, 1.54) is 6.07 Å². The highest BCUT2D eigenvalue weighted by Gasteiger charge is 2.23. The molecule has 1 aromatic carbocycles. The maximum absolute atomic E-state index is 12.3. The van der Waals surface area contributed by atoms with E-state index in [9.17, 15) is 8.42 Å². The van der Waals surface area contributed by atoms with Crippen molar-refractivity contribution < 1.29 is 17.9 Å². The zero-order chi connectivity index (χ0) is 14.8. The molecule has 7 heteroatoms. The number of aliphatic hydroxyl groups is 1. The molecule has 0 fully saturated rings. The number of halogens is 1. The molecule has 0 unspecified atom stereocenters. The molecule has 5 nitrogen and oxygen atoms in total. The average Bonchev–Trinajstić information content (AvgIpc) is 2.81. The molecule has 0 radical (unpaired) electrons. The first-order chi connectivity index (χ1) is 9.47. The monoisotopic (exact) mass is 359 g/mol. The molecule has 0 aliphatic rings. The highest BCUT2D eigenvalue weighted by atomic mass is 79.9. The Balaban J connectivity index is 2.38. The Morgan fingerprint density at radius 1 is 1.35 bits per heavy atom. The topological polar surface area (TPSA) is 79.5 Å². The van der Waals surface area contributed by atoms with Crippen molar-refractivity contribution in [2.75, 3.05) is 4.72 Å². The van der Waals surface area contributed by atoms with E-state index in [0.29, 0.717) is 12.1 Å². The summed E-state index contributed by atoms with van der Waals surface area (Å²) in [6.07, 6.45) is 0.715. The first-order valence-electron chi connectivity index (χ1n) is 5.97. The summed E-state index contributed by atoms with van der Waals surface area (Å²) in [5.41, 5.74) is 1.44. The minimum absolute atomic E-state index is 0.0348. The SMILES string of the molecule is CCc1ccccc1NS(=O)(=O)c1cc(CO)oc1Br. The van der Waals surface area contributed by atoms with Crippen molar-refractivity contribution in [3.05, 3.63) is 46.3 Å². The van der Waals surface area contributed by atoms with Gasteiger partial charge in [0.25, 0.3) is 10.0 Å². The second-order valence-corrected chi connectivity index (χ2v) is 6.50. The number of furan rings is 1. The van der Waals surface area contributed by atoms with Crippen LogP contribution in [0.2, 0.25) is 0 Å². The van der Waals surface area contributed by atoms with E-state index in [2.05, 4.69) is 20.7 Å². The number of para-hydroxylation sites is 1. The highest BCUT2D eigenvalue weighted by molar-refractivity contribution is 9.10. The third-order valence-corrected chi connectivity index (χ3v) is 5.02. The van der Waals surface area contributed by atoms with E-state index in [4.69, 9.17) is 9.52 Å². The van der Waals surface area contributed by atoms with Crippen LogP contribution in [0.3, 0.4) is 0 Å². The lowest BCUT2D eigenvalue weighted by Gasteiger charge is -2.10. The number of aryl methyl sites for hydroxylation is 1. The predicted molar refractivity (Wildman–Crippen MR) is 79.0 cm³/mol. The molecule has 0 aliphatic heterocycles. The van der Waals surface area contributed by atoms with Gasteiger partial charge in [-0.3, -0.25) is 4.72 Å². The first-order valence-corrected chi connectivity index (χ1v) is 8.25. The van der Waals surface area contributed by atoms with Crippen LogP contribution < -0.4 is 4.72 Å². The van der Waals surface area contributed by atoms with Crippen LogP contribution in [0.5, 0.6) is 0 Å². The van der Waals surface area contributed by atoms with E-state index in [1.54, 1.807) is 12.1 Å². The molecule has 1 heterocycles. The van der Waals surface area contributed by atoms with E-state index < -0.39 is 10.0 Å². The Morgan fingerprint density at radius 2 is 2.05 bits per heavy atom. The van der Waals surface area contributed by atoms with Crippen molar-refractivity contribution in [1.29, 1.82) is 0 Å². The Kier molecular flexibility index (Phi) is 4.52. The summed E-state index contributed by atoms with van der Waals surface area (Å²) in [5, 5.41) is 8.98. The van der Waals surface area contributed by atoms with Crippen LogP contribution >= 0.6 is 15.9 Å². The maximum atomic E-state index is 12.3. The maximum Gasteiger partial charge on any atom is 0.266 e. The van der Waals surface area contributed by atoms with Gasteiger partial charge in [-0.05, 0) is 34.0 Å². The number of nitrogens with one attached hydrogen (secondary N) is 1. The third-order valence-electron chi connectivity index (χ3n) is 2.79. The zero-order valence-corrected chi connectivity index (χ0v) is 13.2. The number of hydrogen-bond donors (Lipinski definition) is 2. The van der Waals surface area contributed by atoms with E-state index in [-0.39, 0.29) is 21.9 Å². The summed E-state index contributed by atoms with van der Waals surface area (Å²) in [4.78, 5) is -0.0348. The number of benzene rings is 1. The summed E-state index contributed by atoms with van der Waals surface area (Å²) in [6, 6.07) is 8.48. The Labute approximate surface area is 125 Å². The van der Waals surface area contributed by atoms with Gasteiger partial charge in [-0.1, -0.05) is 25.1 Å². The highest BCUT2D eigenvalue weighted by Crippen LogP contribution is 2.28. The molecule has 0 aliphatic carbocycles. The predicted octanol–water partition coefficient (Wildman–Crippen LogP) is 2.90. The van der Waals surface area contributed by atoms with Gasteiger partial charge in [-0.25, -0.2) is 8.42 Å². The summed E-state index contributed by atoms with van der Waals surface area (Å²) in [6.45, 7) is 1.59. The largest absolute Gasteiger partial charge is 0.450 e. The van der Waals surface area contributed by atoms with Crippen molar-refractivity contribution in [3.63, 3.8) is 0 Å². The standard InChI is InChI=1S/C13H14BrNO4S/c1-2-9-5-3-4-6-11(9)15-20(17,18)12-7-10(8-16)19-13(12)14/h3-7,15-16H,2,8H2,1H3. The molecule has 1 aromatic heterocycles. The summed E-state index contributed by atoms with van der Waals surface area (Å²) in [5.74, 6) is 0.182. The summed E-state index contributed by atoms with van der Waals surface area (Å²) >= 11 is 3.05. The molecule has 0 spiro atoms. The van der Waals surface area contributed by atoms with Crippen LogP contribution in [-0.2, 0) is 23.1 Å². The molecular formula is C13H14BrNO4S. The Morgan fingerprint density at radius 3 is 2.65 bits per heavy atom. The van der Waals surface area contributed by atoms with Gasteiger partial charge < -0.3 is 9.52 Å². The second-order valence-electron chi connectivity index (χ2n) is 4.12. The molecule has 108 valence electrons. The average molecular weight is 360 g/mol. The van der Waals surface area contributed by atoms with Gasteiger partial charge in [0, 0.05) is 6.07 Å². The van der Waals surface area contributed by atoms with Crippen LogP contribution in [0, 0.1) is 0 Å². The Hall–Kier alpha value is -1.31. The lowest BCUT2D eigenvalue weighted by atomic mass is 10.1. The van der Waals surface area contributed by atoms with Crippen LogP contribution in [0.1, 0.15) is 18.2 Å². The van der Waals surface area contributed by atoms with Crippen molar-refractivity contribution in [1.82, 2.24) is 0 Å². The molecule has 20 heavy (non-hydrogen) atoms. The van der Waals surface area contributed by atoms with Gasteiger partial charge in [0.2, 0.25) is 0 Å². The van der Waals surface area contributed by atoms with Crippen molar-refractivity contribution in [2.45, 2.75) is 24.8 Å². The molecule has 2 aromatic rings. The third kappa shape index (κ3) is 3.05. The van der Waals surface area contributed by atoms with Crippen LogP contribution in [-0.4, -0.2) is 13.5 Å². The second kappa shape index (κ2) is 5.99. The fourth-order valence-electron chi connectivity index (χ4n) is 1.79. The zero-order valence-electron chi connectivity index (χ0n) is 10.8. The molecule has 0 bridgehead atoms. The van der Waals surface area contributed by atoms with Gasteiger partial charge in [-0.15, -0.1) is 0 Å². The minimum atomic E-state index is -3.77. The number of aliphatic hydroxyl groups excluding tert-OH is 1. The van der Waals surface area contributed by atoms with Gasteiger partial charge in [0.1, 0.15) is 17.3 Å². The van der Waals surface area contributed by atoms with Crippen molar-refractivity contribution in [2.24, 2.45) is 0 Å². The lowest BCUT2D eigenvalue weighted by molar-refractivity contribution is 0.245. The molecular weight excluding hydrogens is 346 g/mol. The summed E-state index contributed by atoms with van der Waals surface area (Å²) < 4.78 is 32.4. The Bertz CT molecular complexity index is 709. The van der Waals surface area contributed by atoms with Crippen LogP contribution in [0.25, 0.3) is 0 Å².